The van der Waals surface area contributed by atoms with Crippen molar-refractivity contribution in [3.8, 4) is 45.0 Å². The fourth-order valence-corrected chi connectivity index (χ4v) is 3.67. The van der Waals surface area contributed by atoms with Crippen molar-refractivity contribution < 1.29 is 9.47 Å². The Bertz CT molecular complexity index is 1140. The van der Waals surface area contributed by atoms with E-state index in [4.69, 9.17) is 9.47 Å². The molecule has 0 N–H and O–H groups in total. The summed E-state index contributed by atoms with van der Waals surface area (Å²) in [6, 6.07) is 26.7. The number of methoxy groups -OCH3 is 2. The molecule has 3 nitrogen and oxygen atoms in total. The van der Waals surface area contributed by atoms with Crippen LogP contribution in [0.5, 0.6) is 11.5 Å². The first-order valence-corrected chi connectivity index (χ1v) is 9.55. The summed E-state index contributed by atoms with van der Waals surface area (Å²) in [5.41, 5.74) is 7.69. The van der Waals surface area contributed by atoms with E-state index in [1.165, 1.54) is 5.56 Å². The van der Waals surface area contributed by atoms with Gasteiger partial charge in [-0.25, -0.2) is 0 Å². The maximum atomic E-state index is 5.47. The molecular formula is C26H23NO2. The molecule has 0 fully saturated rings. The molecule has 0 aliphatic rings. The lowest BCUT2D eigenvalue weighted by Crippen LogP contribution is -1.96. The number of ether oxygens (including phenoxy) is 2. The standard InChI is InChI=1S/C26H23NO2/c1-18-13-14-23(19-8-6-10-21(16-19)28-2)26(24-12-4-5-15-27-24)25(18)20-9-7-11-22(17-20)29-3/h4-17H,1-3H3. The fourth-order valence-electron chi connectivity index (χ4n) is 3.67. The second kappa shape index (κ2) is 8.19. The van der Waals surface area contributed by atoms with Crippen LogP contribution < -0.4 is 9.47 Å². The molecule has 0 unspecified atom stereocenters. The van der Waals surface area contributed by atoms with Crippen LogP contribution in [0.25, 0.3) is 33.5 Å². The lowest BCUT2D eigenvalue weighted by atomic mass is 9.86. The van der Waals surface area contributed by atoms with Gasteiger partial charge in [0, 0.05) is 11.8 Å². The van der Waals surface area contributed by atoms with E-state index in [-0.39, 0.29) is 0 Å². The van der Waals surface area contributed by atoms with Crippen LogP contribution in [-0.2, 0) is 0 Å². The lowest BCUT2D eigenvalue weighted by molar-refractivity contribution is 0.415. The summed E-state index contributed by atoms with van der Waals surface area (Å²) in [6.07, 6.45) is 1.84. The number of rotatable bonds is 5. The summed E-state index contributed by atoms with van der Waals surface area (Å²) >= 11 is 0. The van der Waals surface area contributed by atoms with Crippen LogP contribution >= 0.6 is 0 Å². The van der Waals surface area contributed by atoms with E-state index in [0.717, 1.165) is 45.0 Å². The van der Waals surface area contributed by atoms with Crippen LogP contribution in [0.2, 0.25) is 0 Å². The Morgan fingerprint density at radius 3 is 2.00 bits per heavy atom. The molecule has 4 aromatic rings. The molecule has 29 heavy (non-hydrogen) atoms. The first-order valence-electron chi connectivity index (χ1n) is 9.55. The minimum absolute atomic E-state index is 0.831. The first kappa shape index (κ1) is 18.8. The average Bonchev–Trinajstić information content (AvgIpc) is 2.79. The van der Waals surface area contributed by atoms with E-state index in [1.54, 1.807) is 14.2 Å². The van der Waals surface area contributed by atoms with Gasteiger partial charge >= 0.3 is 0 Å². The van der Waals surface area contributed by atoms with Gasteiger partial charge in [-0.15, -0.1) is 0 Å². The zero-order chi connectivity index (χ0) is 20.2. The SMILES string of the molecule is COc1cccc(-c2ccc(C)c(-c3cccc(OC)c3)c2-c2ccccn2)c1. The number of hydrogen-bond donors (Lipinski definition) is 0. The number of aryl methyl sites for hydroxylation is 1. The Labute approximate surface area is 171 Å². The Kier molecular flexibility index (Phi) is 5.30. The van der Waals surface area contributed by atoms with Gasteiger partial charge in [0.05, 0.1) is 19.9 Å². The van der Waals surface area contributed by atoms with Crippen LogP contribution in [0.1, 0.15) is 5.56 Å². The summed E-state index contributed by atoms with van der Waals surface area (Å²) in [4.78, 5) is 4.69. The Morgan fingerprint density at radius 2 is 1.34 bits per heavy atom. The molecule has 0 bridgehead atoms. The van der Waals surface area contributed by atoms with Crippen molar-refractivity contribution in [1.82, 2.24) is 4.98 Å². The third kappa shape index (κ3) is 3.72. The molecule has 1 heterocycles. The highest BCUT2D eigenvalue weighted by atomic mass is 16.5. The van der Waals surface area contributed by atoms with Crippen LogP contribution in [0.4, 0.5) is 0 Å². The molecule has 0 saturated heterocycles. The largest absolute Gasteiger partial charge is 0.497 e. The zero-order valence-electron chi connectivity index (χ0n) is 16.8. The van der Waals surface area contributed by atoms with Gasteiger partial charge in [0.25, 0.3) is 0 Å². The van der Waals surface area contributed by atoms with Crippen molar-refractivity contribution in [3.05, 3.63) is 90.6 Å². The molecule has 0 aliphatic heterocycles. The van der Waals surface area contributed by atoms with Crippen molar-refractivity contribution >= 4 is 0 Å². The summed E-state index contributed by atoms with van der Waals surface area (Å²) in [5.74, 6) is 1.67. The fraction of sp³-hybridized carbons (Fsp3) is 0.115. The van der Waals surface area contributed by atoms with Crippen molar-refractivity contribution in [2.75, 3.05) is 14.2 Å². The zero-order valence-corrected chi connectivity index (χ0v) is 16.8. The van der Waals surface area contributed by atoms with Crippen molar-refractivity contribution in [2.24, 2.45) is 0 Å². The second-order valence-electron chi connectivity index (χ2n) is 6.86. The van der Waals surface area contributed by atoms with Crippen LogP contribution in [0.15, 0.2) is 85.1 Å². The number of pyridine rings is 1. The topological polar surface area (TPSA) is 31.4 Å². The highest BCUT2D eigenvalue weighted by Gasteiger charge is 2.18. The quantitative estimate of drug-likeness (QED) is 0.400. The minimum atomic E-state index is 0.831. The summed E-state index contributed by atoms with van der Waals surface area (Å²) in [5, 5.41) is 0. The lowest BCUT2D eigenvalue weighted by Gasteiger charge is -2.19. The van der Waals surface area contributed by atoms with E-state index in [0.29, 0.717) is 0 Å². The average molecular weight is 381 g/mol. The predicted molar refractivity (Wildman–Crippen MR) is 118 cm³/mol. The minimum Gasteiger partial charge on any atom is -0.497 e. The molecule has 0 spiro atoms. The van der Waals surface area contributed by atoms with Gasteiger partial charge in [-0.2, -0.15) is 0 Å². The van der Waals surface area contributed by atoms with Crippen LogP contribution in [-0.4, -0.2) is 19.2 Å². The van der Waals surface area contributed by atoms with Gasteiger partial charge in [0.1, 0.15) is 11.5 Å². The van der Waals surface area contributed by atoms with E-state index < -0.39 is 0 Å². The summed E-state index contributed by atoms with van der Waals surface area (Å²) in [6.45, 7) is 2.14. The van der Waals surface area contributed by atoms with Gasteiger partial charge < -0.3 is 9.47 Å². The highest BCUT2D eigenvalue weighted by molar-refractivity contribution is 5.95. The van der Waals surface area contributed by atoms with Crippen LogP contribution in [0, 0.1) is 6.92 Å². The molecule has 0 aliphatic carbocycles. The van der Waals surface area contributed by atoms with Gasteiger partial charge in [-0.3, -0.25) is 4.98 Å². The molecule has 0 atom stereocenters. The van der Waals surface area contributed by atoms with Crippen LogP contribution in [0.3, 0.4) is 0 Å². The Morgan fingerprint density at radius 1 is 0.655 bits per heavy atom. The molecule has 0 radical (unpaired) electrons. The number of nitrogens with zero attached hydrogens (tertiary/aromatic N) is 1. The Balaban J connectivity index is 2.04. The van der Waals surface area contributed by atoms with E-state index >= 15 is 0 Å². The maximum Gasteiger partial charge on any atom is 0.119 e. The molecule has 4 rings (SSSR count). The smallest absolute Gasteiger partial charge is 0.119 e. The maximum absolute atomic E-state index is 5.47. The third-order valence-electron chi connectivity index (χ3n) is 5.07. The summed E-state index contributed by atoms with van der Waals surface area (Å²) in [7, 11) is 3.38. The van der Waals surface area contributed by atoms with Gasteiger partial charge in [-0.05, 0) is 71.1 Å². The molecule has 0 amide bonds. The summed E-state index contributed by atoms with van der Waals surface area (Å²) < 4.78 is 10.9. The molecule has 3 heteroatoms. The monoisotopic (exact) mass is 381 g/mol. The van der Waals surface area contributed by atoms with Gasteiger partial charge in [0.15, 0.2) is 0 Å². The third-order valence-corrected chi connectivity index (χ3v) is 5.07. The van der Waals surface area contributed by atoms with Crippen molar-refractivity contribution in [3.63, 3.8) is 0 Å². The Hall–Kier alpha value is -3.59. The first-order chi connectivity index (χ1) is 14.2. The normalized spacial score (nSPS) is 10.6. The number of hydrogen-bond acceptors (Lipinski definition) is 3. The molecule has 144 valence electrons. The molecule has 3 aromatic carbocycles. The van der Waals surface area contributed by atoms with Crippen molar-refractivity contribution in [2.45, 2.75) is 6.92 Å². The van der Waals surface area contributed by atoms with E-state index in [9.17, 15) is 0 Å². The van der Waals surface area contributed by atoms with Gasteiger partial charge in [0.2, 0.25) is 0 Å². The molecule has 1 aromatic heterocycles. The van der Waals surface area contributed by atoms with Crippen molar-refractivity contribution in [1.29, 1.82) is 0 Å². The predicted octanol–water partition coefficient (Wildman–Crippen LogP) is 6.41. The highest BCUT2D eigenvalue weighted by Crippen LogP contribution is 2.42. The molecule has 0 saturated carbocycles. The second-order valence-corrected chi connectivity index (χ2v) is 6.86. The number of aromatic nitrogens is 1. The van der Waals surface area contributed by atoms with E-state index in [2.05, 4.69) is 54.4 Å². The van der Waals surface area contributed by atoms with Gasteiger partial charge in [-0.1, -0.05) is 42.5 Å². The molecular weight excluding hydrogens is 358 g/mol. The number of benzene rings is 3. The van der Waals surface area contributed by atoms with E-state index in [1.807, 2.05) is 42.6 Å².